The Bertz CT molecular complexity index is 1370. The van der Waals surface area contributed by atoms with Gasteiger partial charge in [-0.05, 0) is 35.9 Å². The lowest BCUT2D eigenvalue weighted by Gasteiger charge is -2.43. The number of nitrogens with zero attached hydrogens (tertiary/aromatic N) is 3. The smallest absolute Gasteiger partial charge is 0.254 e. The average molecular weight is 522 g/mol. The second-order valence-electron chi connectivity index (χ2n) is 9.42. The molecule has 1 saturated heterocycles. The Morgan fingerprint density at radius 1 is 0.842 bits per heavy atom. The van der Waals surface area contributed by atoms with Gasteiger partial charge in [0.1, 0.15) is 11.6 Å². The van der Waals surface area contributed by atoms with Crippen LogP contribution < -0.4 is 14.4 Å². The molecule has 1 fully saturated rings. The molecule has 3 aromatic carbocycles. The third-order valence-corrected chi connectivity index (χ3v) is 7.45. The third-order valence-electron chi connectivity index (χ3n) is 7.45. The van der Waals surface area contributed by atoms with Crippen molar-refractivity contribution in [2.75, 3.05) is 52.3 Å². The van der Waals surface area contributed by atoms with E-state index in [1.807, 2.05) is 4.90 Å². The highest BCUT2D eigenvalue weighted by molar-refractivity contribution is 6.02. The monoisotopic (exact) mass is 521 g/mol. The Hall–Kier alpha value is -4.14. The summed E-state index contributed by atoms with van der Waals surface area (Å²) in [7, 11) is 4.53. The van der Waals surface area contributed by atoms with Gasteiger partial charge in [-0.3, -0.25) is 9.59 Å². The number of para-hydroxylation sites is 1. The predicted octanol–water partition coefficient (Wildman–Crippen LogP) is 4.24. The number of hydrogen-bond acceptors (Lipinski definition) is 5. The SMILES string of the molecule is COc1cc2c(cc1OC)[C@@H](C(=O)N1CCN(c3ccccc3F)CC1)[C@@H](c1ccccc1F)N(C)C2=O. The maximum Gasteiger partial charge on any atom is 0.254 e. The van der Waals surface area contributed by atoms with E-state index in [-0.39, 0.29) is 23.2 Å². The highest BCUT2D eigenvalue weighted by Gasteiger charge is 2.46. The lowest BCUT2D eigenvalue weighted by atomic mass is 9.78. The van der Waals surface area contributed by atoms with E-state index >= 15 is 4.39 Å². The van der Waals surface area contributed by atoms with Crippen LogP contribution in [0.4, 0.5) is 14.5 Å². The van der Waals surface area contributed by atoms with E-state index in [1.54, 1.807) is 60.5 Å². The minimum Gasteiger partial charge on any atom is -0.493 e. The van der Waals surface area contributed by atoms with E-state index in [0.717, 1.165) is 0 Å². The molecule has 2 amide bonds. The summed E-state index contributed by atoms with van der Waals surface area (Å²) in [5.41, 5.74) is 1.52. The Morgan fingerprint density at radius 3 is 2.08 bits per heavy atom. The molecule has 0 aromatic heterocycles. The topological polar surface area (TPSA) is 62.3 Å². The molecule has 0 unspecified atom stereocenters. The quantitative estimate of drug-likeness (QED) is 0.503. The number of ether oxygens (including phenoxy) is 2. The fourth-order valence-electron chi connectivity index (χ4n) is 5.49. The van der Waals surface area contributed by atoms with Gasteiger partial charge in [0.2, 0.25) is 5.91 Å². The molecule has 2 heterocycles. The average Bonchev–Trinajstić information content (AvgIpc) is 2.94. The number of carbonyl (C=O) groups excluding carboxylic acids is 2. The van der Waals surface area contributed by atoms with Crippen LogP contribution in [0.3, 0.4) is 0 Å². The normalized spacial score (nSPS) is 19.3. The summed E-state index contributed by atoms with van der Waals surface area (Å²) >= 11 is 0. The summed E-state index contributed by atoms with van der Waals surface area (Å²) in [5, 5.41) is 0. The molecule has 5 rings (SSSR count). The molecule has 2 aliphatic rings. The molecule has 0 saturated carbocycles. The van der Waals surface area contributed by atoms with E-state index in [4.69, 9.17) is 9.47 Å². The fourth-order valence-corrected chi connectivity index (χ4v) is 5.49. The van der Waals surface area contributed by atoms with Gasteiger partial charge in [0.25, 0.3) is 5.91 Å². The van der Waals surface area contributed by atoms with Crippen molar-refractivity contribution in [3.8, 4) is 11.5 Å². The van der Waals surface area contributed by atoms with Gasteiger partial charge < -0.3 is 24.2 Å². The Balaban J connectivity index is 1.55. The van der Waals surface area contributed by atoms with Crippen molar-refractivity contribution in [3.63, 3.8) is 0 Å². The first kappa shape index (κ1) is 25.5. The molecule has 0 bridgehead atoms. The number of fused-ring (bicyclic) bond motifs is 1. The van der Waals surface area contributed by atoms with Crippen molar-refractivity contribution >= 4 is 17.5 Å². The molecular weight excluding hydrogens is 492 g/mol. The molecule has 0 aliphatic carbocycles. The zero-order valence-corrected chi connectivity index (χ0v) is 21.5. The summed E-state index contributed by atoms with van der Waals surface area (Å²) in [6.45, 7) is 1.59. The maximum atomic E-state index is 15.1. The molecule has 38 heavy (non-hydrogen) atoms. The molecule has 0 spiro atoms. The van der Waals surface area contributed by atoms with Crippen molar-refractivity contribution < 1.29 is 27.8 Å². The number of amides is 2. The van der Waals surface area contributed by atoms with Crippen LogP contribution in [0.1, 0.15) is 33.4 Å². The zero-order chi connectivity index (χ0) is 27.0. The van der Waals surface area contributed by atoms with Gasteiger partial charge in [0.05, 0.1) is 31.9 Å². The standard InChI is InChI=1S/C29H29F2N3O4/c1-32-27(18-8-4-5-9-21(18)30)26(19-16-24(37-2)25(38-3)17-20(19)28(32)35)29(36)34-14-12-33(13-15-34)23-11-7-6-10-22(23)31/h4-11,16-17,26-27H,12-15H2,1-3H3/t26-,27-/m1/s1. The molecule has 2 aliphatic heterocycles. The van der Waals surface area contributed by atoms with Crippen molar-refractivity contribution in [2.24, 2.45) is 0 Å². The number of benzene rings is 3. The number of halogens is 2. The number of rotatable bonds is 5. The third kappa shape index (κ3) is 4.31. The summed E-state index contributed by atoms with van der Waals surface area (Å²) in [5.74, 6) is -1.54. The lowest BCUT2D eigenvalue weighted by molar-refractivity contribution is -0.134. The molecule has 0 N–H and O–H groups in total. The number of carbonyl (C=O) groups is 2. The summed E-state index contributed by atoms with van der Waals surface area (Å²) in [6, 6.07) is 15.1. The molecular formula is C29H29F2N3O4. The van der Waals surface area contributed by atoms with Gasteiger partial charge in [0.15, 0.2) is 11.5 Å². The van der Waals surface area contributed by atoms with Crippen LogP contribution in [0.25, 0.3) is 0 Å². The second kappa shape index (κ2) is 10.3. The number of hydrogen-bond donors (Lipinski definition) is 0. The predicted molar refractivity (Wildman–Crippen MR) is 139 cm³/mol. The first-order valence-electron chi connectivity index (χ1n) is 12.4. The van der Waals surface area contributed by atoms with Gasteiger partial charge in [0, 0.05) is 44.4 Å². The van der Waals surface area contributed by atoms with E-state index in [2.05, 4.69) is 0 Å². The molecule has 9 heteroatoms. The van der Waals surface area contributed by atoms with Crippen molar-refractivity contribution in [3.05, 3.63) is 89.0 Å². The van der Waals surface area contributed by atoms with Crippen molar-refractivity contribution in [1.82, 2.24) is 9.80 Å². The van der Waals surface area contributed by atoms with E-state index in [1.165, 1.54) is 31.3 Å². The van der Waals surface area contributed by atoms with Crippen LogP contribution in [0.5, 0.6) is 11.5 Å². The summed E-state index contributed by atoms with van der Waals surface area (Å²) in [4.78, 5) is 32.8. The largest absolute Gasteiger partial charge is 0.493 e. The van der Waals surface area contributed by atoms with Gasteiger partial charge in [-0.25, -0.2) is 8.78 Å². The molecule has 198 valence electrons. The van der Waals surface area contributed by atoms with Gasteiger partial charge in [-0.1, -0.05) is 30.3 Å². The number of likely N-dealkylation sites (N-methyl/N-ethyl adjacent to an activating group) is 1. The van der Waals surface area contributed by atoms with Crippen LogP contribution in [-0.4, -0.2) is 69.1 Å². The van der Waals surface area contributed by atoms with Crippen molar-refractivity contribution in [1.29, 1.82) is 0 Å². The zero-order valence-electron chi connectivity index (χ0n) is 21.5. The molecule has 2 atom stereocenters. The highest BCUT2D eigenvalue weighted by atomic mass is 19.1. The van der Waals surface area contributed by atoms with E-state index < -0.39 is 17.8 Å². The number of anilines is 1. The Morgan fingerprint density at radius 2 is 1.45 bits per heavy atom. The first-order valence-corrected chi connectivity index (χ1v) is 12.4. The summed E-state index contributed by atoms with van der Waals surface area (Å²) < 4.78 is 40.4. The number of piperazine rings is 1. The van der Waals surface area contributed by atoms with Crippen LogP contribution in [0, 0.1) is 11.6 Å². The minimum absolute atomic E-state index is 0.237. The second-order valence-corrected chi connectivity index (χ2v) is 9.42. The van der Waals surface area contributed by atoms with Crippen LogP contribution in [0.2, 0.25) is 0 Å². The van der Waals surface area contributed by atoms with Crippen LogP contribution in [-0.2, 0) is 4.79 Å². The fraction of sp³-hybridized carbons (Fsp3) is 0.310. The molecule has 3 aromatic rings. The molecule has 0 radical (unpaired) electrons. The maximum absolute atomic E-state index is 15.1. The Kier molecular flexibility index (Phi) is 6.93. The molecule has 7 nitrogen and oxygen atoms in total. The van der Waals surface area contributed by atoms with E-state index in [0.29, 0.717) is 54.5 Å². The van der Waals surface area contributed by atoms with Crippen LogP contribution >= 0.6 is 0 Å². The van der Waals surface area contributed by atoms with Gasteiger partial charge in [-0.15, -0.1) is 0 Å². The highest BCUT2D eigenvalue weighted by Crippen LogP contribution is 2.46. The summed E-state index contributed by atoms with van der Waals surface area (Å²) in [6.07, 6.45) is 0. The lowest BCUT2D eigenvalue weighted by Crippen LogP contribution is -2.53. The first-order chi connectivity index (χ1) is 18.3. The minimum atomic E-state index is -0.885. The van der Waals surface area contributed by atoms with Crippen molar-refractivity contribution in [2.45, 2.75) is 12.0 Å². The van der Waals surface area contributed by atoms with E-state index in [9.17, 15) is 14.0 Å². The number of methoxy groups -OCH3 is 2. The van der Waals surface area contributed by atoms with Gasteiger partial charge >= 0.3 is 0 Å². The van der Waals surface area contributed by atoms with Gasteiger partial charge in [-0.2, -0.15) is 0 Å². The van der Waals surface area contributed by atoms with Crippen LogP contribution in [0.15, 0.2) is 60.7 Å². The Labute approximate surface area is 220 Å².